The molecule has 0 aliphatic carbocycles. The molecule has 4 rings (SSSR count). The van der Waals surface area contributed by atoms with Gasteiger partial charge >= 0.3 is 0 Å². The second kappa shape index (κ2) is 10.2. The van der Waals surface area contributed by atoms with Crippen LogP contribution in [0.1, 0.15) is 24.8 Å². The number of rotatable bonds is 9. The van der Waals surface area contributed by atoms with Gasteiger partial charge in [0.1, 0.15) is 11.6 Å². The lowest BCUT2D eigenvalue weighted by atomic mass is 10.2. The highest BCUT2D eigenvalue weighted by Crippen LogP contribution is 2.28. The molecule has 1 aliphatic rings. The molecular formula is C22H26ClN5O4S. The van der Waals surface area contributed by atoms with E-state index in [2.05, 4.69) is 15.6 Å². The van der Waals surface area contributed by atoms with Crippen LogP contribution in [-0.2, 0) is 32.6 Å². The van der Waals surface area contributed by atoms with Crippen LogP contribution in [-0.4, -0.2) is 59.9 Å². The Bertz CT molecular complexity index is 1230. The Balaban J connectivity index is 1.48. The molecule has 0 saturated carbocycles. The largest absolute Gasteiger partial charge is 0.385 e. The van der Waals surface area contributed by atoms with Crippen LogP contribution in [0.25, 0.3) is 11.0 Å². The van der Waals surface area contributed by atoms with E-state index in [0.29, 0.717) is 49.6 Å². The van der Waals surface area contributed by atoms with Crippen LogP contribution >= 0.6 is 11.6 Å². The summed E-state index contributed by atoms with van der Waals surface area (Å²) in [6.45, 7) is 1.82. The van der Waals surface area contributed by atoms with E-state index < -0.39 is 16.1 Å². The molecule has 1 aliphatic heterocycles. The van der Waals surface area contributed by atoms with Gasteiger partial charge in [-0.1, -0.05) is 28.9 Å². The van der Waals surface area contributed by atoms with Crippen molar-refractivity contribution >= 4 is 38.6 Å². The molecule has 1 amide bonds. The topological polar surface area (TPSA) is 106 Å². The minimum atomic E-state index is -3.87. The van der Waals surface area contributed by atoms with Crippen molar-refractivity contribution in [3.8, 4) is 0 Å². The van der Waals surface area contributed by atoms with E-state index in [9.17, 15) is 13.2 Å². The number of hydrogen-bond donors (Lipinski definition) is 1. The van der Waals surface area contributed by atoms with Gasteiger partial charge in [0.15, 0.2) is 0 Å². The Morgan fingerprint density at radius 3 is 2.79 bits per heavy atom. The van der Waals surface area contributed by atoms with Crippen LogP contribution in [0.15, 0.2) is 47.4 Å². The molecule has 3 aromatic rings. The number of sulfonamides is 1. The van der Waals surface area contributed by atoms with Crippen LogP contribution < -0.4 is 5.32 Å². The molecule has 1 fully saturated rings. The maximum absolute atomic E-state index is 13.4. The summed E-state index contributed by atoms with van der Waals surface area (Å²) in [4.78, 5) is 12.9. The Morgan fingerprint density at radius 2 is 2.03 bits per heavy atom. The summed E-state index contributed by atoms with van der Waals surface area (Å²) >= 11 is 5.90. The van der Waals surface area contributed by atoms with Gasteiger partial charge < -0.3 is 10.1 Å². The van der Waals surface area contributed by atoms with Gasteiger partial charge in [-0.2, -0.15) is 4.31 Å². The fourth-order valence-electron chi connectivity index (χ4n) is 3.97. The first-order valence-electron chi connectivity index (χ1n) is 10.8. The van der Waals surface area contributed by atoms with Gasteiger partial charge in [0.25, 0.3) is 0 Å². The number of ether oxygens (including phenoxy) is 1. The van der Waals surface area contributed by atoms with E-state index in [1.807, 2.05) is 12.1 Å². The number of nitrogens with zero attached hydrogens (tertiary/aromatic N) is 4. The first kappa shape index (κ1) is 23.6. The number of benzene rings is 2. The van der Waals surface area contributed by atoms with Crippen molar-refractivity contribution in [1.29, 1.82) is 0 Å². The molecule has 176 valence electrons. The number of aryl methyl sites for hydroxylation is 1. The van der Waals surface area contributed by atoms with Gasteiger partial charge in [0.2, 0.25) is 15.9 Å². The summed E-state index contributed by atoms with van der Waals surface area (Å²) in [5.41, 5.74) is 2.14. The fraction of sp³-hybridized carbons (Fsp3) is 0.409. The number of fused-ring (bicyclic) bond motifs is 1. The number of aromatic nitrogens is 3. The Labute approximate surface area is 197 Å². The summed E-state index contributed by atoms with van der Waals surface area (Å²) in [5.74, 6) is -0.309. The van der Waals surface area contributed by atoms with Crippen molar-refractivity contribution in [2.45, 2.75) is 43.3 Å². The molecule has 1 atom stereocenters. The highest BCUT2D eigenvalue weighted by Gasteiger charge is 2.39. The van der Waals surface area contributed by atoms with Crippen molar-refractivity contribution in [2.24, 2.45) is 0 Å². The summed E-state index contributed by atoms with van der Waals surface area (Å²) in [6, 6.07) is 11.2. The van der Waals surface area contributed by atoms with Gasteiger partial charge in [0, 0.05) is 38.4 Å². The average Bonchev–Trinajstić information content (AvgIpc) is 3.46. The number of methoxy groups -OCH3 is 1. The summed E-state index contributed by atoms with van der Waals surface area (Å²) in [5, 5.41) is 11.7. The van der Waals surface area contributed by atoms with E-state index in [1.165, 1.54) is 10.4 Å². The Hall–Kier alpha value is -2.53. The highest BCUT2D eigenvalue weighted by atomic mass is 35.5. The maximum Gasteiger partial charge on any atom is 0.243 e. The molecule has 33 heavy (non-hydrogen) atoms. The second-order valence-corrected chi connectivity index (χ2v) is 10.3. The quantitative estimate of drug-likeness (QED) is 0.461. The second-order valence-electron chi connectivity index (χ2n) is 7.93. The highest BCUT2D eigenvalue weighted by molar-refractivity contribution is 7.89. The molecule has 0 radical (unpaired) electrons. The van der Waals surface area contributed by atoms with E-state index >= 15 is 0 Å². The predicted molar refractivity (Wildman–Crippen MR) is 124 cm³/mol. The minimum absolute atomic E-state index is 0.108. The smallest absolute Gasteiger partial charge is 0.243 e. The normalized spacial score (nSPS) is 17.0. The van der Waals surface area contributed by atoms with Crippen molar-refractivity contribution < 1.29 is 17.9 Å². The van der Waals surface area contributed by atoms with Crippen molar-refractivity contribution in [3.63, 3.8) is 0 Å². The molecular weight excluding hydrogens is 466 g/mol. The van der Waals surface area contributed by atoms with E-state index in [4.69, 9.17) is 16.3 Å². The van der Waals surface area contributed by atoms with E-state index in [1.54, 1.807) is 36.1 Å². The third-order valence-corrected chi connectivity index (χ3v) is 7.85. The minimum Gasteiger partial charge on any atom is -0.385 e. The molecule has 0 unspecified atom stereocenters. The van der Waals surface area contributed by atoms with Gasteiger partial charge in [-0.05, 0) is 55.2 Å². The predicted octanol–water partition coefficient (Wildman–Crippen LogP) is 2.59. The van der Waals surface area contributed by atoms with Gasteiger partial charge in [-0.3, -0.25) is 4.79 Å². The number of nitrogens with one attached hydrogen (secondary N) is 1. The van der Waals surface area contributed by atoms with Crippen molar-refractivity contribution in [1.82, 2.24) is 24.6 Å². The standard InChI is InChI=1S/C22H26ClN5O4S/c1-32-13-3-11-27-20-10-9-18(14-19(20)25-26-27)33(30,31)28-12-2-4-21(28)22(29)24-15-16-5-7-17(23)8-6-16/h5-10,14,21H,2-4,11-13,15H2,1H3,(H,24,29)/t21-/m0/s1. The maximum atomic E-state index is 13.4. The van der Waals surface area contributed by atoms with Gasteiger partial charge in [-0.15, -0.1) is 5.10 Å². The number of hydrogen-bond acceptors (Lipinski definition) is 6. The average molecular weight is 492 g/mol. The first-order valence-corrected chi connectivity index (χ1v) is 12.6. The van der Waals surface area contributed by atoms with Crippen LogP contribution in [0.2, 0.25) is 5.02 Å². The molecule has 11 heteroatoms. The monoisotopic (exact) mass is 491 g/mol. The first-order chi connectivity index (χ1) is 15.9. The lowest BCUT2D eigenvalue weighted by Gasteiger charge is -2.23. The third-order valence-electron chi connectivity index (χ3n) is 5.70. The summed E-state index contributed by atoms with van der Waals surface area (Å²) in [6.07, 6.45) is 1.87. The molecule has 9 nitrogen and oxygen atoms in total. The number of carbonyl (C=O) groups is 1. The molecule has 1 N–H and O–H groups in total. The number of carbonyl (C=O) groups excluding carboxylic acids is 1. The summed E-state index contributed by atoms with van der Waals surface area (Å²) < 4.78 is 34.8. The third kappa shape index (κ3) is 5.19. The summed E-state index contributed by atoms with van der Waals surface area (Å²) in [7, 11) is -2.23. The lowest BCUT2D eigenvalue weighted by molar-refractivity contribution is -0.124. The lowest BCUT2D eigenvalue weighted by Crippen LogP contribution is -2.45. The van der Waals surface area contributed by atoms with Crippen LogP contribution in [0, 0.1) is 0 Å². The van der Waals surface area contributed by atoms with Gasteiger partial charge in [0.05, 0.1) is 10.4 Å². The van der Waals surface area contributed by atoms with Crippen LogP contribution in [0.4, 0.5) is 0 Å². The molecule has 1 saturated heterocycles. The molecule has 1 aromatic heterocycles. The number of amides is 1. The van der Waals surface area contributed by atoms with Crippen molar-refractivity contribution in [3.05, 3.63) is 53.1 Å². The molecule has 0 bridgehead atoms. The SMILES string of the molecule is COCCCn1nnc2cc(S(=O)(=O)N3CCC[C@H]3C(=O)NCc3ccc(Cl)cc3)ccc21. The Kier molecular flexibility index (Phi) is 7.28. The van der Waals surface area contributed by atoms with Gasteiger partial charge in [-0.25, -0.2) is 13.1 Å². The molecule has 2 heterocycles. The number of halogens is 1. The fourth-order valence-corrected chi connectivity index (χ4v) is 5.77. The van der Waals surface area contributed by atoms with Crippen LogP contribution in [0.3, 0.4) is 0 Å². The Morgan fingerprint density at radius 1 is 1.24 bits per heavy atom. The van der Waals surface area contributed by atoms with Crippen molar-refractivity contribution in [2.75, 3.05) is 20.3 Å². The van der Waals surface area contributed by atoms with E-state index in [0.717, 1.165) is 17.5 Å². The zero-order valence-electron chi connectivity index (χ0n) is 18.3. The molecule has 0 spiro atoms. The zero-order valence-corrected chi connectivity index (χ0v) is 19.8. The van der Waals surface area contributed by atoms with Crippen LogP contribution in [0.5, 0.6) is 0 Å². The molecule has 2 aromatic carbocycles. The zero-order chi connectivity index (χ0) is 23.4. The van der Waals surface area contributed by atoms with E-state index in [-0.39, 0.29) is 10.8 Å².